The number of aliphatic carboxylic acids is 1. The molecular weight excluding hydrogens is 472 g/mol. The van der Waals surface area contributed by atoms with Crippen LogP contribution in [0.1, 0.15) is 29.2 Å². The van der Waals surface area contributed by atoms with Crippen LogP contribution >= 0.6 is 0 Å². The fraction of sp³-hybridized carbons (Fsp3) is 0.208. The molecular formula is C24H23N3Na2O6. The van der Waals surface area contributed by atoms with Gasteiger partial charge in [-0.1, -0.05) is 42.1 Å². The molecule has 0 saturated carbocycles. The molecule has 2 aromatic carbocycles. The van der Waals surface area contributed by atoms with Crippen LogP contribution in [0.25, 0.3) is 0 Å². The average Bonchev–Trinajstić information content (AvgIpc) is 2.76. The number of aromatic nitrogens is 1. The summed E-state index contributed by atoms with van der Waals surface area (Å²) in [4.78, 5) is 36.0. The van der Waals surface area contributed by atoms with Gasteiger partial charge in [0.15, 0.2) is 0 Å². The second-order valence-electron chi connectivity index (χ2n) is 7.59. The molecule has 2 amide bonds. The van der Waals surface area contributed by atoms with Crippen molar-refractivity contribution < 1.29 is 83.7 Å². The number of carbonyl (C=O) groups is 2. The Kier molecular flexibility index (Phi) is 12.1. The number of carboxylic acids is 1. The van der Waals surface area contributed by atoms with Crippen molar-refractivity contribution in [2.24, 2.45) is 7.05 Å². The van der Waals surface area contributed by atoms with E-state index in [0.717, 1.165) is 21.8 Å². The van der Waals surface area contributed by atoms with E-state index in [1.165, 1.54) is 13.2 Å². The number of hydrogen-bond acceptors (Lipinski definition) is 6. The van der Waals surface area contributed by atoms with Gasteiger partial charge >= 0.3 is 65.1 Å². The maximum absolute atomic E-state index is 12.5. The molecule has 0 unspecified atom stereocenters. The summed E-state index contributed by atoms with van der Waals surface area (Å²) >= 11 is 0. The smallest absolute Gasteiger partial charge is 0.871 e. The number of benzene rings is 2. The second kappa shape index (κ2) is 13.7. The first kappa shape index (κ1) is 30.8. The van der Waals surface area contributed by atoms with Gasteiger partial charge < -0.3 is 34.9 Å². The summed E-state index contributed by atoms with van der Waals surface area (Å²) in [6.45, 7) is 3.82. The number of urea groups is 1. The number of nitrogens with one attached hydrogen (secondary N) is 2. The monoisotopic (exact) mass is 495 g/mol. The molecule has 0 fully saturated rings. The van der Waals surface area contributed by atoms with Gasteiger partial charge in [-0.15, -0.1) is 0 Å². The molecule has 1 heterocycles. The minimum atomic E-state index is -1.39. The molecule has 0 aliphatic rings. The van der Waals surface area contributed by atoms with Crippen LogP contribution in [-0.4, -0.2) is 16.6 Å². The number of pyridine rings is 1. The van der Waals surface area contributed by atoms with Crippen molar-refractivity contribution >= 4 is 17.7 Å². The Morgan fingerprint density at radius 3 is 2.31 bits per heavy atom. The van der Waals surface area contributed by atoms with Crippen LogP contribution in [0, 0.1) is 13.8 Å². The Morgan fingerprint density at radius 2 is 1.69 bits per heavy atom. The second-order valence-corrected chi connectivity index (χ2v) is 7.59. The number of carboxylic acid groups (broad SMARTS) is 1. The minimum absolute atomic E-state index is 0. The van der Waals surface area contributed by atoms with E-state index in [0.29, 0.717) is 17.1 Å². The molecule has 0 aliphatic heterocycles. The summed E-state index contributed by atoms with van der Waals surface area (Å²) in [5, 5.41) is 28.0. The van der Waals surface area contributed by atoms with E-state index < -0.39 is 41.5 Å². The van der Waals surface area contributed by atoms with Crippen LogP contribution in [0.3, 0.4) is 0 Å². The maximum atomic E-state index is 12.5. The molecule has 11 heteroatoms. The number of ether oxygens (including phenoxy) is 1. The predicted molar refractivity (Wildman–Crippen MR) is 118 cm³/mol. The molecule has 0 saturated heterocycles. The topological polar surface area (TPSA) is 136 Å². The molecule has 2 N–H and O–H groups in total. The molecule has 9 nitrogen and oxygen atoms in total. The average molecular weight is 495 g/mol. The van der Waals surface area contributed by atoms with E-state index in [-0.39, 0.29) is 59.1 Å². The number of aryl methyl sites for hydroxylation is 3. The van der Waals surface area contributed by atoms with Crippen molar-refractivity contribution in [2.75, 3.05) is 5.32 Å². The van der Waals surface area contributed by atoms with Gasteiger partial charge in [0.1, 0.15) is 17.2 Å². The summed E-state index contributed by atoms with van der Waals surface area (Å²) in [6.07, 6.45) is 0.756. The van der Waals surface area contributed by atoms with Gasteiger partial charge in [-0.05, 0) is 42.7 Å². The summed E-state index contributed by atoms with van der Waals surface area (Å²) in [7, 11) is 1.44. The molecule has 0 radical (unpaired) electrons. The summed E-state index contributed by atoms with van der Waals surface area (Å²) in [6, 6.07) is 11.6. The van der Waals surface area contributed by atoms with E-state index in [9.17, 15) is 24.6 Å². The van der Waals surface area contributed by atoms with Gasteiger partial charge in [0, 0.05) is 25.6 Å². The molecule has 3 aromatic rings. The number of amides is 2. The predicted octanol–water partition coefficient (Wildman–Crippen LogP) is -4.12. The molecule has 0 spiro atoms. The summed E-state index contributed by atoms with van der Waals surface area (Å²) in [5.74, 6) is -0.913. The number of para-hydroxylation sites is 1. The Bertz CT molecular complexity index is 1240. The normalized spacial score (nSPS) is 10.8. The quantitative estimate of drug-likeness (QED) is 0.320. The molecule has 1 atom stereocenters. The first-order valence-electron chi connectivity index (χ1n) is 10.1. The first-order valence-corrected chi connectivity index (χ1v) is 10.1. The standard InChI is InChI=1S/C24H25N3O6.2Na/c1-14-6-4-7-15(2)22(14)33-17-9-5-8-16(12-17)18(13-20(29)30)25-24(32)26-21-19(28)10-11-27(3)23(21)31;;/h4-12,18,28H,13H2,1-3H3,(H,29,30)(H2,25,26,32);;/q;2*+1/p-2/t18-;;/m0../s1. The fourth-order valence-electron chi connectivity index (χ4n) is 3.33. The third-order valence-electron chi connectivity index (χ3n) is 5.03. The summed E-state index contributed by atoms with van der Waals surface area (Å²) < 4.78 is 7.15. The zero-order valence-corrected chi connectivity index (χ0v) is 24.4. The molecule has 1 aromatic heterocycles. The summed E-state index contributed by atoms with van der Waals surface area (Å²) in [5.41, 5.74) is 1.19. The Hall–Kier alpha value is -2.27. The van der Waals surface area contributed by atoms with Crippen molar-refractivity contribution in [2.45, 2.75) is 26.3 Å². The molecule has 172 valence electrons. The van der Waals surface area contributed by atoms with Crippen LogP contribution < -0.4 is 90.3 Å². The minimum Gasteiger partial charge on any atom is -0.871 e. The third-order valence-corrected chi connectivity index (χ3v) is 5.03. The molecule has 0 aliphatic carbocycles. The first-order chi connectivity index (χ1) is 15.7. The van der Waals surface area contributed by atoms with Gasteiger partial charge in [0.05, 0.1) is 6.04 Å². The Balaban J connectivity index is 0.00000306. The largest absolute Gasteiger partial charge is 1.00 e. The van der Waals surface area contributed by atoms with Crippen molar-refractivity contribution in [3.63, 3.8) is 0 Å². The van der Waals surface area contributed by atoms with Crippen molar-refractivity contribution in [1.82, 2.24) is 9.88 Å². The zero-order valence-electron chi connectivity index (χ0n) is 20.4. The Labute approximate surface area is 247 Å². The van der Waals surface area contributed by atoms with Crippen molar-refractivity contribution in [3.8, 4) is 17.2 Å². The van der Waals surface area contributed by atoms with E-state index in [1.54, 1.807) is 24.3 Å². The Morgan fingerprint density at radius 1 is 1.06 bits per heavy atom. The van der Waals surface area contributed by atoms with Crippen LogP contribution in [0.4, 0.5) is 10.5 Å². The number of hydrogen-bond donors (Lipinski definition) is 2. The van der Waals surface area contributed by atoms with Gasteiger partial charge in [-0.3, -0.25) is 4.79 Å². The number of carbonyl (C=O) groups excluding carboxylic acids is 2. The zero-order chi connectivity index (χ0) is 24.1. The van der Waals surface area contributed by atoms with E-state index in [4.69, 9.17) is 4.74 Å². The fourth-order valence-corrected chi connectivity index (χ4v) is 3.33. The number of nitrogens with zero attached hydrogens (tertiary/aromatic N) is 1. The van der Waals surface area contributed by atoms with Crippen molar-refractivity contribution in [1.29, 1.82) is 0 Å². The van der Waals surface area contributed by atoms with Gasteiger partial charge in [0.2, 0.25) is 0 Å². The van der Waals surface area contributed by atoms with E-state index in [2.05, 4.69) is 10.6 Å². The van der Waals surface area contributed by atoms with Crippen LogP contribution in [0.15, 0.2) is 59.5 Å². The van der Waals surface area contributed by atoms with Crippen LogP contribution in [0.5, 0.6) is 17.2 Å². The third kappa shape index (κ3) is 8.13. The number of anilines is 1. The van der Waals surface area contributed by atoms with Crippen LogP contribution in [-0.2, 0) is 11.8 Å². The molecule has 35 heavy (non-hydrogen) atoms. The van der Waals surface area contributed by atoms with E-state index in [1.807, 2.05) is 32.0 Å². The van der Waals surface area contributed by atoms with Crippen molar-refractivity contribution in [3.05, 3.63) is 81.8 Å². The maximum Gasteiger partial charge on any atom is 1.00 e. The SMILES string of the molecule is Cc1cccc(C)c1Oc1cccc([C@H](CC(=O)[O-])NC(=O)Nc2c([O-])ccn(C)c2=O)c1.[Na+].[Na+]. The molecule has 0 bridgehead atoms. The van der Waals surface area contributed by atoms with E-state index >= 15 is 0 Å². The van der Waals surface area contributed by atoms with Gasteiger partial charge in [0.25, 0.3) is 5.56 Å². The molecule has 3 rings (SSSR count). The number of rotatable bonds is 7. The van der Waals surface area contributed by atoms with Gasteiger partial charge in [-0.2, -0.15) is 0 Å². The van der Waals surface area contributed by atoms with Crippen LogP contribution in [0.2, 0.25) is 0 Å². The van der Waals surface area contributed by atoms with Gasteiger partial charge in [-0.25, -0.2) is 4.79 Å².